The van der Waals surface area contributed by atoms with Crippen LogP contribution in [0.4, 0.5) is 0 Å². The molecule has 2 heterocycles. The van der Waals surface area contributed by atoms with E-state index in [2.05, 4.69) is 29.1 Å². The van der Waals surface area contributed by atoms with Gasteiger partial charge in [-0.3, -0.25) is 0 Å². The second kappa shape index (κ2) is 5.65. The van der Waals surface area contributed by atoms with Gasteiger partial charge >= 0.3 is 0 Å². The fraction of sp³-hybridized carbons (Fsp3) is 1.00. The van der Waals surface area contributed by atoms with Gasteiger partial charge in [0.1, 0.15) is 0 Å². The molecular formula is C13H27N3O. The van der Waals surface area contributed by atoms with Gasteiger partial charge in [0.2, 0.25) is 0 Å². The number of morpholine rings is 1. The standard InChI is InChI=1S/C13H27N3O/c1-13(10-14-2)4-5-16(11-13)9-12-8-15(3)6-7-17-12/h12,14H,4-11H2,1-3H3. The van der Waals surface area contributed by atoms with E-state index in [1.54, 1.807) is 0 Å². The van der Waals surface area contributed by atoms with Crippen LogP contribution in [0.2, 0.25) is 0 Å². The van der Waals surface area contributed by atoms with Crippen molar-refractivity contribution in [3.8, 4) is 0 Å². The Kier molecular flexibility index (Phi) is 4.42. The second-order valence-corrected chi connectivity index (χ2v) is 6.08. The van der Waals surface area contributed by atoms with Crippen molar-refractivity contribution in [1.29, 1.82) is 0 Å². The fourth-order valence-electron chi connectivity index (χ4n) is 3.12. The van der Waals surface area contributed by atoms with Crippen LogP contribution in [-0.4, -0.2) is 75.9 Å². The molecule has 2 aliphatic rings. The van der Waals surface area contributed by atoms with Crippen LogP contribution in [0.15, 0.2) is 0 Å². The van der Waals surface area contributed by atoms with Gasteiger partial charge in [0.15, 0.2) is 0 Å². The number of rotatable bonds is 4. The molecular weight excluding hydrogens is 214 g/mol. The van der Waals surface area contributed by atoms with Gasteiger partial charge in [0.25, 0.3) is 0 Å². The number of hydrogen-bond acceptors (Lipinski definition) is 4. The monoisotopic (exact) mass is 241 g/mol. The number of nitrogens with one attached hydrogen (secondary N) is 1. The quantitative estimate of drug-likeness (QED) is 0.763. The molecule has 2 atom stereocenters. The van der Waals surface area contributed by atoms with Crippen molar-refractivity contribution >= 4 is 0 Å². The summed E-state index contributed by atoms with van der Waals surface area (Å²) in [6.07, 6.45) is 1.71. The second-order valence-electron chi connectivity index (χ2n) is 6.08. The molecule has 0 amide bonds. The minimum Gasteiger partial charge on any atom is -0.374 e. The number of likely N-dealkylation sites (N-methyl/N-ethyl adjacent to an activating group) is 1. The van der Waals surface area contributed by atoms with Gasteiger partial charge in [0.05, 0.1) is 12.7 Å². The summed E-state index contributed by atoms with van der Waals surface area (Å²) in [4.78, 5) is 4.94. The van der Waals surface area contributed by atoms with Crippen molar-refractivity contribution in [1.82, 2.24) is 15.1 Å². The van der Waals surface area contributed by atoms with Crippen molar-refractivity contribution < 1.29 is 4.74 Å². The molecule has 17 heavy (non-hydrogen) atoms. The van der Waals surface area contributed by atoms with E-state index in [1.165, 1.54) is 19.5 Å². The summed E-state index contributed by atoms with van der Waals surface area (Å²) in [6.45, 7) is 10.1. The summed E-state index contributed by atoms with van der Waals surface area (Å²) in [6, 6.07) is 0. The predicted molar refractivity (Wildman–Crippen MR) is 70.3 cm³/mol. The zero-order chi connectivity index (χ0) is 12.3. The van der Waals surface area contributed by atoms with E-state index in [4.69, 9.17) is 4.74 Å². The van der Waals surface area contributed by atoms with Crippen molar-refractivity contribution in [3.05, 3.63) is 0 Å². The molecule has 0 spiro atoms. The van der Waals surface area contributed by atoms with Crippen LogP contribution in [0, 0.1) is 5.41 Å². The Labute approximate surface area is 105 Å². The lowest BCUT2D eigenvalue weighted by Crippen LogP contribution is -2.46. The zero-order valence-electron chi connectivity index (χ0n) is 11.5. The average molecular weight is 241 g/mol. The molecule has 0 saturated carbocycles. The van der Waals surface area contributed by atoms with Gasteiger partial charge in [-0.05, 0) is 32.5 Å². The highest BCUT2D eigenvalue weighted by Gasteiger charge is 2.34. The zero-order valence-corrected chi connectivity index (χ0v) is 11.5. The number of likely N-dealkylation sites (tertiary alicyclic amines) is 1. The molecule has 0 aromatic carbocycles. The van der Waals surface area contributed by atoms with Crippen LogP contribution >= 0.6 is 0 Å². The molecule has 0 aliphatic carbocycles. The molecule has 2 saturated heterocycles. The molecule has 0 aromatic heterocycles. The lowest BCUT2D eigenvalue weighted by atomic mass is 9.90. The molecule has 0 bridgehead atoms. The van der Waals surface area contributed by atoms with E-state index < -0.39 is 0 Å². The minimum absolute atomic E-state index is 0.408. The first-order chi connectivity index (χ1) is 8.11. The Morgan fingerprint density at radius 2 is 2.24 bits per heavy atom. The van der Waals surface area contributed by atoms with Crippen LogP contribution < -0.4 is 5.32 Å². The van der Waals surface area contributed by atoms with E-state index in [9.17, 15) is 0 Å². The summed E-state index contributed by atoms with van der Waals surface area (Å²) >= 11 is 0. The summed E-state index contributed by atoms with van der Waals surface area (Å²) in [7, 11) is 4.23. The van der Waals surface area contributed by atoms with Crippen LogP contribution in [-0.2, 0) is 4.74 Å². The van der Waals surface area contributed by atoms with Crippen molar-refractivity contribution in [3.63, 3.8) is 0 Å². The molecule has 4 heteroatoms. The Bertz CT molecular complexity index is 249. The first kappa shape index (κ1) is 13.3. The normalized spacial score (nSPS) is 36.5. The van der Waals surface area contributed by atoms with E-state index >= 15 is 0 Å². The van der Waals surface area contributed by atoms with Gasteiger partial charge < -0.3 is 19.9 Å². The Morgan fingerprint density at radius 1 is 1.41 bits per heavy atom. The largest absolute Gasteiger partial charge is 0.374 e. The van der Waals surface area contributed by atoms with E-state index in [0.29, 0.717) is 11.5 Å². The third-order valence-corrected chi connectivity index (χ3v) is 4.04. The molecule has 4 nitrogen and oxygen atoms in total. The van der Waals surface area contributed by atoms with Gasteiger partial charge in [0, 0.05) is 32.7 Å². The first-order valence-corrected chi connectivity index (χ1v) is 6.78. The van der Waals surface area contributed by atoms with Crippen LogP contribution in [0.25, 0.3) is 0 Å². The van der Waals surface area contributed by atoms with Gasteiger partial charge in [-0.25, -0.2) is 0 Å². The van der Waals surface area contributed by atoms with Crippen molar-refractivity contribution in [2.24, 2.45) is 5.41 Å². The Balaban J connectivity index is 1.77. The SMILES string of the molecule is CNCC1(C)CCN(CC2CN(C)CCO2)C1. The lowest BCUT2D eigenvalue weighted by Gasteiger charge is -2.33. The van der Waals surface area contributed by atoms with Crippen LogP contribution in [0.5, 0.6) is 0 Å². The molecule has 2 unspecified atom stereocenters. The summed E-state index contributed by atoms with van der Waals surface area (Å²) < 4.78 is 5.84. The number of ether oxygens (including phenoxy) is 1. The molecule has 2 fully saturated rings. The summed E-state index contributed by atoms with van der Waals surface area (Å²) in [5.41, 5.74) is 0.454. The molecule has 0 aromatic rings. The van der Waals surface area contributed by atoms with Crippen LogP contribution in [0.1, 0.15) is 13.3 Å². The highest BCUT2D eigenvalue weighted by atomic mass is 16.5. The fourth-order valence-corrected chi connectivity index (χ4v) is 3.12. The Morgan fingerprint density at radius 3 is 2.94 bits per heavy atom. The maximum atomic E-state index is 5.84. The smallest absolute Gasteiger partial charge is 0.0829 e. The summed E-state index contributed by atoms with van der Waals surface area (Å²) in [5, 5.41) is 3.32. The topological polar surface area (TPSA) is 27.7 Å². The van der Waals surface area contributed by atoms with E-state index in [1.807, 2.05) is 7.05 Å². The van der Waals surface area contributed by atoms with Crippen LogP contribution in [0.3, 0.4) is 0 Å². The molecule has 0 radical (unpaired) electrons. The van der Waals surface area contributed by atoms with E-state index in [0.717, 1.165) is 32.8 Å². The molecule has 2 aliphatic heterocycles. The minimum atomic E-state index is 0.408. The number of nitrogens with zero attached hydrogens (tertiary/aromatic N) is 2. The maximum absolute atomic E-state index is 5.84. The third-order valence-electron chi connectivity index (χ3n) is 4.04. The highest BCUT2D eigenvalue weighted by Crippen LogP contribution is 2.29. The number of hydrogen-bond donors (Lipinski definition) is 1. The summed E-state index contributed by atoms with van der Waals surface area (Å²) in [5.74, 6) is 0. The van der Waals surface area contributed by atoms with Crippen molar-refractivity contribution in [2.75, 3.05) is 60.0 Å². The third kappa shape index (κ3) is 3.65. The Hall–Kier alpha value is -0.160. The van der Waals surface area contributed by atoms with E-state index in [-0.39, 0.29) is 0 Å². The first-order valence-electron chi connectivity index (χ1n) is 6.78. The maximum Gasteiger partial charge on any atom is 0.0829 e. The van der Waals surface area contributed by atoms with Gasteiger partial charge in [-0.1, -0.05) is 6.92 Å². The highest BCUT2D eigenvalue weighted by molar-refractivity contribution is 4.89. The van der Waals surface area contributed by atoms with Gasteiger partial charge in [-0.15, -0.1) is 0 Å². The molecule has 100 valence electrons. The molecule has 1 N–H and O–H groups in total. The average Bonchev–Trinajstić information content (AvgIpc) is 2.60. The van der Waals surface area contributed by atoms with Crippen molar-refractivity contribution in [2.45, 2.75) is 19.4 Å². The predicted octanol–water partition coefficient (Wildman–Crippen LogP) is 0.248. The van der Waals surface area contributed by atoms with Gasteiger partial charge in [-0.2, -0.15) is 0 Å². The lowest BCUT2D eigenvalue weighted by molar-refractivity contribution is -0.0338. The molecule has 2 rings (SSSR count).